The number of halogens is 5. The van der Waals surface area contributed by atoms with Crippen LogP contribution in [0.3, 0.4) is 0 Å². The van der Waals surface area contributed by atoms with E-state index in [1.165, 1.54) is 0 Å². The number of nitro groups is 1. The standard InChI is InChI=1S/C7H2Cl4FNO3/c8-3-1-6(16-7(9,10)11)5(13(14)15)2-4(3)12/h1-2H. The van der Waals surface area contributed by atoms with Gasteiger partial charge in [0.25, 0.3) is 0 Å². The number of benzene rings is 1. The van der Waals surface area contributed by atoms with Gasteiger partial charge in [-0.15, -0.1) is 0 Å². The van der Waals surface area contributed by atoms with Crippen molar-refractivity contribution in [3.8, 4) is 5.75 Å². The Bertz CT molecular complexity index is 434. The molecular formula is C7H2Cl4FNO3. The fourth-order valence-corrected chi connectivity index (χ4v) is 1.27. The van der Waals surface area contributed by atoms with E-state index in [2.05, 4.69) is 4.74 Å². The molecule has 0 bridgehead atoms. The highest BCUT2D eigenvalue weighted by molar-refractivity contribution is 6.66. The zero-order valence-electron chi connectivity index (χ0n) is 7.22. The minimum absolute atomic E-state index is 0.380. The van der Waals surface area contributed by atoms with Gasteiger partial charge in [-0.3, -0.25) is 10.1 Å². The molecule has 9 heteroatoms. The zero-order valence-corrected chi connectivity index (χ0v) is 10.2. The van der Waals surface area contributed by atoms with Crippen LogP contribution in [-0.4, -0.2) is 8.90 Å². The van der Waals surface area contributed by atoms with E-state index < -0.39 is 26.2 Å². The molecule has 0 aliphatic carbocycles. The number of nitro benzene ring substituents is 1. The highest BCUT2D eigenvalue weighted by Crippen LogP contribution is 2.38. The molecule has 0 amide bonds. The van der Waals surface area contributed by atoms with Crippen LogP contribution in [0.15, 0.2) is 12.1 Å². The molecule has 0 atom stereocenters. The van der Waals surface area contributed by atoms with Crippen molar-refractivity contribution in [3.05, 3.63) is 33.1 Å². The SMILES string of the molecule is O=[N+]([O-])c1cc(F)c(Cl)cc1OC(Cl)(Cl)Cl. The number of hydrogen-bond donors (Lipinski definition) is 0. The Morgan fingerprint density at radius 3 is 2.38 bits per heavy atom. The lowest BCUT2D eigenvalue weighted by Crippen LogP contribution is -2.13. The van der Waals surface area contributed by atoms with Gasteiger partial charge >= 0.3 is 9.67 Å². The van der Waals surface area contributed by atoms with Crippen LogP contribution in [0.4, 0.5) is 10.1 Å². The van der Waals surface area contributed by atoms with Crippen molar-refractivity contribution in [2.75, 3.05) is 0 Å². The summed E-state index contributed by atoms with van der Waals surface area (Å²) in [6, 6.07) is 1.44. The lowest BCUT2D eigenvalue weighted by molar-refractivity contribution is -0.386. The van der Waals surface area contributed by atoms with E-state index in [1.54, 1.807) is 0 Å². The molecule has 16 heavy (non-hydrogen) atoms. The van der Waals surface area contributed by atoms with Crippen molar-refractivity contribution in [1.29, 1.82) is 0 Å². The number of ether oxygens (including phenoxy) is 1. The van der Waals surface area contributed by atoms with Gasteiger partial charge in [0.2, 0.25) is 5.75 Å². The molecule has 0 saturated carbocycles. The molecule has 88 valence electrons. The normalized spacial score (nSPS) is 11.3. The first-order chi connectivity index (χ1) is 7.20. The number of nitrogens with zero attached hydrogens (tertiary/aromatic N) is 1. The molecule has 0 radical (unpaired) electrons. The largest absolute Gasteiger partial charge is 0.438 e. The molecule has 1 aromatic carbocycles. The van der Waals surface area contributed by atoms with Crippen LogP contribution in [0.1, 0.15) is 0 Å². The molecular weight excluding hydrogens is 307 g/mol. The summed E-state index contributed by atoms with van der Waals surface area (Å²) in [7, 11) is 0. The van der Waals surface area contributed by atoms with Crippen LogP contribution in [-0.2, 0) is 0 Å². The second-order valence-corrected chi connectivity index (χ2v) is 5.12. The van der Waals surface area contributed by atoms with Crippen molar-refractivity contribution in [3.63, 3.8) is 0 Å². The molecule has 0 spiro atoms. The topological polar surface area (TPSA) is 52.4 Å². The molecule has 0 fully saturated rings. The van der Waals surface area contributed by atoms with Crippen LogP contribution in [0.2, 0.25) is 5.02 Å². The summed E-state index contributed by atoms with van der Waals surface area (Å²) in [6.07, 6.45) is 0. The smallest absolute Gasteiger partial charge is 0.338 e. The Labute approximate surface area is 109 Å². The van der Waals surface area contributed by atoms with Gasteiger partial charge in [0.05, 0.1) is 16.0 Å². The van der Waals surface area contributed by atoms with Gasteiger partial charge in [-0.2, -0.15) is 0 Å². The predicted octanol–water partition coefficient (Wildman–Crippen LogP) is 4.09. The first-order valence-corrected chi connectivity index (χ1v) is 5.11. The minimum atomic E-state index is -2.20. The Balaban J connectivity index is 3.25. The van der Waals surface area contributed by atoms with Crippen molar-refractivity contribution in [2.45, 2.75) is 3.98 Å². The molecule has 0 aromatic heterocycles. The number of alkyl halides is 3. The molecule has 1 rings (SSSR count). The minimum Gasteiger partial charge on any atom is -0.438 e. The van der Waals surface area contributed by atoms with Crippen molar-refractivity contribution < 1.29 is 14.1 Å². The molecule has 0 aliphatic rings. The fourth-order valence-electron chi connectivity index (χ4n) is 0.867. The number of hydrogen-bond acceptors (Lipinski definition) is 3. The van der Waals surface area contributed by atoms with E-state index in [9.17, 15) is 14.5 Å². The van der Waals surface area contributed by atoms with Gasteiger partial charge in [-0.05, 0) is 34.8 Å². The summed E-state index contributed by atoms with van der Waals surface area (Å²) in [5.41, 5.74) is -0.687. The van der Waals surface area contributed by atoms with E-state index in [-0.39, 0.29) is 5.02 Å². The summed E-state index contributed by atoms with van der Waals surface area (Å²) in [5.74, 6) is -1.40. The Hall–Kier alpha value is -0.490. The maximum absolute atomic E-state index is 13.0. The second-order valence-electron chi connectivity index (χ2n) is 2.54. The maximum Gasteiger partial charge on any atom is 0.338 e. The van der Waals surface area contributed by atoms with Gasteiger partial charge in [0, 0.05) is 6.07 Å². The van der Waals surface area contributed by atoms with E-state index >= 15 is 0 Å². The molecule has 0 unspecified atom stereocenters. The average Bonchev–Trinajstić information content (AvgIpc) is 2.07. The van der Waals surface area contributed by atoms with Crippen molar-refractivity contribution in [1.82, 2.24) is 0 Å². The van der Waals surface area contributed by atoms with Crippen molar-refractivity contribution in [2.24, 2.45) is 0 Å². The predicted molar refractivity (Wildman–Crippen MR) is 59.0 cm³/mol. The lowest BCUT2D eigenvalue weighted by atomic mass is 10.3. The number of rotatable bonds is 2. The summed E-state index contributed by atoms with van der Waals surface area (Å²) in [4.78, 5) is 9.67. The summed E-state index contributed by atoms with van der Waals surface area (Å²) >= 11 is 21.3. The van der Waals surface area contributed by atoms with Crippen LogP contribution in [0, 0.1) is 15.9 Å². The summed E-state index contributed by atoms with van der Waals surface area (Å²) in [6.45, 7) is 0. The summed E-state index contributed by atoms with van der Waals surface area (Å²) < 4.78 is 15.4. The average molecular weight is 309 g/mol. The van der Waals surface area contributed by atoms with E-state index in [0.717, 1.165) is 6.07 Å². The molecule has 0 N–H and O–H groups in total. The molecule has 4 nitrogen and oxygen atoms in total. The van der Waals surface area contributed by atoms with Crippen LogP contribution >= 0.6 is 46.4 Å². The monoisotopic (exact) mass is 307 g/mol. The van der Waals surface area contributed by atoms with Gasteiger partial charge in [-0.1, -0.05) is 11.6 Å². The molecule has 1 aromatic rings. The zero-order chi connectivity index (χ0) is 12.5. The molecule has 0 heterocycles. The van der Waals surface area contributed by atoms with Crippen LogP contribution in [0.25, 0.3) is 0 Å². The second kappa shape index (κ2) is 4.79. The van der Waals surface area contributed by atoms with Gasteiger partial charge in [0.15, 0.2) is 0 Å². The lowest BCUT2D eigenvalue weighted by Gasteiger charge is -2.13. The van der Waals surface area contributed by atoms with E-state index in [4.69, 9.17) is 46.4 Å². The fraction of sp³-hybridized carbons (Fsp3) is 0.143. The van der Waals surface area contributed by atoms with Gasteiger partial charge in [-0.25, -0.2) is 4.39 Å². The third kappa shape index (κ3) is 3.52. The first kappa shape index (κ1) is 13.6. The first-order valence-electron chi connectivity index (χ1n) is 3.60. The molecule has 0 saturated heterocycles. The maximum atomic E-state index is 13.0. The van der Waals surface area contributed by atoms with Gasteiger partial charge in [0.1, 0.15) is 5.82 Å². The quantitative estimate of drug-likeness (QED) is 0.469. The van der Waals surface area contributed by atoms with Gasteiger partial charge < -0.3 is 4.74 Å². The Morgan fingerprint density at radius 1 is 1.38 bits per heavy atom. The van der Waals surface area contributed by atoms with Crippen LogP contribution in [0.5, 0.6) is 5.75 Å². The Kier molecular flexibility index (Phi) is 4.07. The van der Waals surface area contributed by atoms with Crippen molar-refractivity contribution >= 4 is 52.1 Å². The van der Waals surface area contributed by atoms with E-state index in [1.807, 2.05) is 0 Å². The molecule has 0 aliphatic heterocycles. The third-order valence-corrected chi connectivity index (χ3v) is 1.95. The summed E-state index contributed by atoms with van der Waals surface area (Å²) in [5, 5.41) is 10.2. The highest BCUT2D eigenvalue weighted by atomic mass is 35.6. The van der Waals surface area contributed by atoms with E-state index in [0.29, 0.717) is 6.07 Å². The van der Waals surface area contributed by atoms with Crippen LogP contribution < -0.4 is 4.74 Å². The highest BCUT2D eigenvalue weighted by Gasteiger charge is 2.28. The Morgan fingerprint density at radius 2 is 1.94 bits per heavy atom. The third-order valence-electron chi connectivity index (χ3n) is 1.42.